The minimum atomic E-state index is -1.00. The highest BCUT2D eigenvalue weighted by molar-refractivity contribution is 6.23. The van der Waals surface area contributed by atoms with Crippen LogP contribution in [0.15, 0.2) is 78.9 Å². The number of hydrogen-bond acceptors (Lipinski definition) is 5. The Kier molecular flexibility index (Phi) is 6.29. The molecule has 0 aliphatic carbocycles. The lowest BCUT2D eigenvalue weighted by Crippen LogP contribution is -2.48. The number of carbonyl (C=O) groups is 3. The van der Waals surface area contributed by atoms with Gasteiger partial charge in [-0.25, -0.2) is 0 Å². The molecule has 190 valence electrons. The number of imide groups is 1. The topological polar surface area (TPSA) is 97.2 Å². The van der Waals surface area contributed by atoms with Crippen LogP contribution >= 0.6 is 0 Å². The monoisotopic (exact) mass is 505 g/mol. The number of aromatic nitrogens is 3. The summed E-state index contributed by atoms with van der Waals surface area (Å²) < 4.78 is 2.18. The zero-order valence-corrected chi connectivity index (χ0v) is 20.8. The number of nitrogens with zero attached hydrogens (tertiary/aromatic N) is 4. The van der Waals surface area contributed by atoms with Crippen LogP contribution < -0.4 is 5.32 Å². The zero-order chi connectivity index (χ0) is 26.1. The molecule has 3 heterocycles. The normalized spacial score (nSPS) is 15.5. The lowest BCUT2D eigenvalue weighted by Gasteiger charge is -2.25. The Balaban J connectivity index is 1.25. The standard InChI is InChI=1S/C30H27N5O3/c36-28(31-22-16-14-21(15-17-22)27-33-32-26-13-5-2-8-18-34(26)27)25(19-20-9-3-1-4-10-20)35-29(37)23-11-6-7-12-24(23)30(35)38/h1,3-4,6-7,9-12,14-17,25H,2,5,8,13,18-19H2,(H,31,36)/t25-/m0/s1. The van der Waals surface area contributed by atoms with Crippen LogP contribution in [-0.2, 0) is 24.2 Å². The molecule has 2 aliphatic rings. The summed E-state index contributed by atoms with van der Waals surface area (Å²) in [4.78, 5) is 41.1. The molecule has 0 unspecified atom stereocenters. The second-order valence-electron chi connectivity index (χ2n) is 9.70. The second kappa shape index (κ2) is 10.0. The van der Waals surface area contributed by atoms with E-state index < -0.39 is 23.8 Å². The van der Waals surface area contributed by atoms with Gasteiger partial charge in [0.2, 0.25) is 5.91 Å². The summed E-state index contributed by atoms with van der Waals surface area (Å²) in [7, 11) is 0. The quantitative estimate of drug-likeness (QED) is 0.389. The van der Waals surface area contributed by atoms with Gasteiger partial charge in [0.25, 0.3) is 11.8 Å². The lowest BCUT2D eigenvalue weighted by atomic mass is 10.0. The predicted molar refractivity (Wildman–Crippen MR) is 143 cm³/mol. The van der Waals surface area contributed by atoms with Crippen molar-refractivity contribution >= 4 is 23.4 Å². The number of nitrogens with one attached hydrogen (secondary N) is 1. The van der Waals surface area contributed by atoms with Gasteiger partial charge in [0.05, 0.1) is 11.1 Å². The highest BCUT2D eigenvalue weighted by atomic mass is 16.2. The molecule has 1 N–H and O–H groups in total. The molecule has 0 fully saturated rings. The molecule has 38 heavy (non-hydrogen) atoms. The van der Waals surface area contributed by atoms with Gasteiger partial charge in [-0.15, -0.1) is 10.2 Å². The van der Waals surface area contributed by atoms with E-state index in [9.17, 15) is 14.4 Å². The first-order valence-corrected chi connectivity index (χ1v) is 12.9. The Morgan fingerprint density at radius 1 is 0.816 bits per heavy atom. The van der Waals surface area contributed by atoms with E-state index in [2.05, 4.69) is 20.1 Å². The van der Waals surface area contributed by atoms with Crippen LogP contribution in [0.25, 0.3) is 11.4 Å². The number of carbonyl (C=O) groups excluding carboxylic acids is 3. The number of rotatable bonds is 6. The van der Waals surface area contributed by atoms with Crippen molar-refractivity contribution in [1.82, 2.24) is 19.7 Å². The Hall–Kier alpha value is -4.59. The fraction of sp³-hybridized carbons (Fsp3) is 0.233. The molecular weight excluding hydrogens is 478 g/mol. The fourth-order valence-corrected chi connectivity index (χ4v) is 5.26. The Bertz CT molecular complexity index is 1480. The highest BCUT2D eigenvalue weighted by Crippen LogP contribution is 2.28. The first kappa shape index (κ1) is 23.8. The molecular formula is C30H27N5O3. The maximum Gasteiger partial charge on any atom is 0.262 e. The van der Waals surface area contributed by atoms with Gasteiger partial charge >= 0.3 is 0 Å². The van der Waals surface area contributed by atoms with Crippen LogP contribution in [0, 0.1) is 0 Å². The van der Waals surface area contributed by atoms with Crippen molar-refractivity contribution < 1.29 is 14.4 Å². The Morgan fingerprint density at radius 3 is 2.21 bits per heavy atom. The third-order valence-electron chi connectivity index (χ3n) is 7.23. The van der Waals surface area contributed by atoms with Gasteiger partial charge < -0.3 is 9.88 Å². The average Bonchev–Trinajstić information content (AvgIpc) is 3.35. The van der Waals surface area contributed by atoms with Gasteiger partial charge in [-0.1, -0.05) is 48.9 Å². The van der Waals surface area contributed by atoms with Crippen molar-refractivity contribution in [3.05, 3.63) is 101 Å². The fourth-order valence-electron chi connectivity index (χ4n) is 5.26. The number of hydrogen-bond donors (Lipinski definition) is 1. The van der Waals surface area contributed by atoms with Crippen LogP contribution in [0.2, 0.25) is 0 Å². The molecule has 8 nitrogen and oxygen atoms in total. The van der Waals surface area contributed by atoms with Crippen LogP contribution in [-0.4, -0.2) is 43.4 Å². The summed E-state index contributed by atoms with van der Waals surface area (Å²) in [6.07, 6.45) is 4.56. The van der Waals surface area contributed by atoms with Crippen molar-refractivity contribution in [2.45, 2.75) is 44.7 Å². The van der Waals surface area contributed by atoms with Crippen LogP contribution in [0.1, 0.15) is 51.4 Å². The van der Waals surface area contributed by atoms with Crippen LogP contribution in [0.4, 0.5) is 5.69 Å². The minimum absolute atomic E-state index is 0.210. The first-order chi connectivity index (χ1) is 18.6. The van der Waals surface area contributed by atoms with E-state index in [0.29, 0.717) is 16.8 Å². The molecule has 6 rings (SSSR count). The molecule has 2 aliphatic heterocycles. The minimum Gasteiger partial charge on any atom is -0.324 e. The lowest BCUT2D eigenvalue weighted by molar-refractivity contribution is -0.119. The van der Waals surface area contributed by atoms with E-state index in [0.717, 1.165) is 53.5 Å². The summed E-state index contributed by atoms with van der Waals surface area (Å²) in [5.41, 5.74) is 2.99. The second-order valence-corrected chi connectivity index (χ2v) is 9.70. The maximum atomic E-state index is 13.6. The van der Waals surface area contributed by atoms with Gasteiger partial charge in [-0.3, -0.25) is 19.3 Å². The molecule has 4 aromatic rings. The molecule has 1 atom stereocenters. The molecule has 3 aromatic carbocycles. The third kappa shape index (κ3) is 4.38. The summed E-state index contributed by atoms with van der Waals surface area (Å²) in [5.74, 6) is 0.508. The molecule has 3 amide bonds. The van der Waals surface area contributed by atoms with Gasteiger partial charge in [-0.2, -0.15) is 0 Å². The summed E-state index contributed by atoms with van der Waals surface area (Å²) in [5, 5.41) is 11.7. The van der Waals surface area contributed by atoms with Gasteiger partial charge in [0, 0.05) is 30.6 Å². The van der Waals surface area contributed by atoms with E-state index in [1.807, 2.05) is 54.6 Å². The number of amides is 3. The molecule has 0 spiro atoms. The van der Waals surface area contributed by atoms with E-state index in [4.69, 9.17) is 0 Å². The van der Waals surface area contributed by atoms with Crippen molar-refractivity contribution in [2.75, 3.05) is 5.32 Å². The highest BCUT2D eigenvalue weighted by Gasteiger charge is 2.42. The van der Waals surface area contributed by atoms with Crippen molar-refractivity contribution in [1.29, 1.82) is 0 Å². The van der Waals surface area contributed by atoms with E-state index in [1.54, 1.807) is 24.3 Å². The molecule has 0 saturated heterocycles. The van der Waals surface area contributed by atoms with E-state index >= 15 is 0 Å². The molecule has 0 bridgehead atoms. The predicted octanol–water partition coefficient (Wildman–Crippen LogP) is 4.52. The molecule has 0 radical (unpaired) electrons. The summed E-state index contributed by atoms with van der Waals surface area (Å²) >= 11 is 0. The van der Waals surface area contributed by atoms with Crippen molar-refractivity contribution in [3.8, 4) is 11.4 Å². The van der Waals surface area contributed by atoms with Gasteiger partial charge in [-0.05, 0) is 54.8 Å². The zero-order valence-electron chi connectivity index (χ0n) is 20.8. The van der Waals surface area contributed by atoms with E-state index in [-0.39, 0.29) is 6.42 Å². The number of fused-ring (bicyclic) bond motifs is 2. The molecule has 1 aromatic heterocycles. The first-order valence-electron chi connectivity index (χ1n) is 12.9. The van der Waals surface area contributed by atoms with E-state index in [1.165, 1.54) is 6.42 Å². The smallest absolute Gasteiger partial charge is 0.262 e. The number of benzene rings is 3. The van der Waals surface area contributed by atoms with Crippen LogP contribution in [0.5, 0.6) is 0 Å². The summed E-state index contributed by atoms with van der Waals surface area (Å²) in [6.45, 7) is 0.900. The number of anilines is 1. The third-order valence-corrected chi connectivity index (χ3v) is 7.23. The molecule has 0 saturated carbocycles. The van der Waals surface area contributed by atoms with Crippen molar-refractivity contribution in [3.63, 3.8) is 0 Å². The van der Waals surface area contributed by atoms with Crippen LogP contribution in [0.3, 0.4) is 0 Å². The summed E-state index contributed by atoms with van der Waals surface area (Å²) in [6, 6.07) is 22.5. The molecule has 8 heteroatoms. The average molecular weight is 506 g/mol. The maximum absolute atomic E-state index is 13.6. The van der Waals surface area contributed by atoms with Crippen molar-refractivity contribution in [2.24, 2.45) is 0 Å². The largest absolute Gasteiger partial charge is 0.324 e. The SMILES string of the molecule is O=C(Nc1ccc(-c2nnc3n2CCCCC3)cc1)[C@H](Cc1ccccc1)N1C(=O)c2ccccc2C1=O. The Morgan fingerprint density at radius 2 is 1.50 bits per heavy atom. The number of aryl methyl sites for hydroxylation is 1. The van der Waals surface area contributed by atoms with Gasteiger partial charge in [0.1, 0.15) is 11.9 Å². The van der Waals surface area contributed by atoms with Gasteiger partial charge in [0.15, 0.2) is 5.82 Å². The Labute approximate surface area is 220 Å².